The fourth-order valence-electron chi connectivity index (χ4n) is 1.34. The molecule has 4 N–H and O–H groups in total. The second-order valence-electron chi connectivity index (χ2n) is 4.24. The first-order chi connectivity index (χ1) is 7.43. The van der Waals surface area contributed by atoms with E-state index < -0.39 is 5.97 Å². The van der Waals surface area contributed by atoms with Crippen molar-refractivity contribution in [2.75, 3.05) is 6.54 Å². The third-order valence-electron chi connectivity index (χ3n) is 2.38. The molecule has 0 spiro atoms. The van der Waals surface area contributed by atoms with Crippen molar-refractivity contribution in [2.45, 2.75) is 45.6 Å². The van der Waals surface area contributed by atoms with E-state index in [0.29, 0.717) is 0 Å². The maximum atomic E-state index is 11.5. The van der Waals surface area contributed by atoms with Gasteiger partial charge in [-0.15, -0.1) is 0 Å². The standard InChI is InChI=1S/C11H22N2O3/c1-8(4-3-5-9(2)12)11(16)13-7-6-10(14)15/h8-9H,3-7,12H2,1-2H3,(H,13,16)(H,14,15). The summed E-state index contributed by atoms with van der Waals surface area (Å²) in [4.78, 5) is 21.7. The Morgan fingerprint density at radius 3 is 2.44 bits per heavy atom. The van der Waals surface area contributed by atoms with Gasteiger partial charge in [-0.3, -0.25) is 9.59 Å². The lowest BCUT2D eigenvalue weighted by Crippen LogP contribution is -2.31. The molecular weight excluding hydrogens is 208 g/mol. The van der Waals surface area contributed by atoms with Gasteiger partial charge in [0.15, 0.2) is 0 Å². The number of rotatable bonds is 8. The molecular formula is C11H22N2O3. The molecule has 1 amide bonds. The molecule has 0 saturated carbocycles. The second-order valence-corrected chi connectivity index (χ2v) is 4.24. The number of carbonyl (C=O) groups is 2. The van der Waals surface area contributed by atoms with Crippen molar-refractivity contribution in [3.63, 3.8) is 0 Å². The minimum absolute atomic E-state index is 0.0295. The van der Waals surface area contributed by atoms with Gasteiger partial charge in [0.25, 0.3) is 0 Å². The molecule has 0 saturated heterocycles. The molecule has 0 aromatic rings. The third kappa shape index (κ3) is 8.23. The number of aliphatic carboxylic acids is 1. The van der Waals surface area contributed by atoms with Gasteiger partial charge >= 0.3 is 5.97 Å². The van der Waals surface area contributed by atoms with Crippen LogP contribution in [0.15, 0.2) is 0 Å². The molecule has 0 fully saturated rings. The predicted molar refractivity (Wildman–Crippen MR) is 61.9 cm³/mol. The van der Waals surface area contributed by atoms with Crippen LogP contribution in [-0.4, -0.2) is 29.6 Å². The van der Waals surface area contributed by atoms with E-state index in [1.54, 1.807) is 0 Å². The Labute approximate surface area is 96.4 Å². The van der Waals surface area contributed by atoms with E-state index in [0.717, 1.165) is 19.3 Å². The highest BCUT2D eigenvalue weighted by Crippen LogP contribution is 2.08. The quantitative estimate of drug-likeness (QED) is 0.573. The van der Waals surface area contributed by atoms with Gasteiger partial charge in [-0.05, 0) is 19.8 Å². The molecule has 2 atom stereocenters. The molecule has 0 rings (SSSR count). The molecule has 2 unspecified atom stereocenters. The summed E-state index contributed by atoms with van der Waals surface area (Å²) < 4.78 is 0. The van der Waals surface area contributed by atoms with Crippen LogP contribution in [0.5, 0.6) is 0 Å². The highest BCUT2D eigenvalue weighted by Gasteiger charge is 2.12. The van der Waals surface area contributed by atoms with E-state index in [1.807, 2.05) is 13.8 Å². The molecule has 0 aliphatic heterocycles. The van der Waals surface area contributed by atoms with Crippen LogP contribution in [0.1, 0.15) is 39.5 Å². The molecule has 5 nitrogen and oxygen atoms in total. The van der Waals surface area contributed by atoms with Crippen LogP contribution >= 0.6 is 0 Å². The maximum Gasteiger partial charge on any atom is 0.305 e. The number of nitrogens with two attached hydrogens (primary N) is 1. The summed E-state index contributed by atoms with van der Waals surface area (Å²) in [5.74, 6) is -1.05. The van der Waals surface area contributed by atoms with Crippen LogP contribution in [0.4, 0.5) is 0 Å². The molecule has 0 bridgehead atoms. The first-order valence-corrected chi connectivity index (χ1v) is 5.68. The van der Waals surface area contributed by atoms with Gasteiger partial charge in [-0.1, -0.05) is 13.3 Å². The summed E-state index contributed by atoms with van der Waals surface area (Å²) in [7, 11) is 0. The molecule has 94 valence electrons. The van der Waals surface area contributed by atoms with Crippen molar-refractivity contribution < 1.29 is 14.7 Å². The summed E-state index contributed by atoms with van der Waals surface area (Å²) in [5, 5.41) is 11.0. The van der Waals surface area contributed by atoms with Gasteiger partial charge in [0.05, 0.1) is 6.42 Å². The fourth-order valence-corrected chi connectivity index (χ4v) is 1.34. The Bertz CT molecular complexity index is 229. The lowest BCUT2D eigenvalue weighted by molar-refractivity contribution is -0.137. The zero-order chi connectivity index (χ0) is 12.6. The number of carbonyl (C=O) groups excluding carboxylic acids is 1. The minimum Gasteiger partial charge on any atom is -0.481 e. The highest BCUT2D eigenvalue weighted by atomic mass is 16.4. The second kappa shape index (κ2) is 8.10. The molecule has 0 radical (unpaired) electrons. The largest absolute Gasteiger partial charge is 0.481 e. The molecule has 0 heterocycles. The molecule has 16 heavy (non-hydrogen) atoms. The molecule has 5 heteroatoms. The van der Waals surface area contributed by atoms with Crippen molar-refractivity contribution in [3.05, 3.63) is 0 Å². The molecule has 0 aromatic heterocycles. The van der Waals surface area contributed by atoms with Crippen LogP contribution < -0.4 is 11.1 Å². The minimum atomic E-state index is -0.898. The zero-order valence-electron chi connectivity index (χ0n) is 10.0. The maximum absolute atomic E-state index is 11.5. The van der Waals surface area contributed by atoms with Crippen molar-refractivity contribution in [2.24, 2.45) is 11.7 Å². The van der Waals surface area contributed by atoms with Crippen LogP contribution in [-0.2, 0) is 9.59 Å². The average Bonchev–Trinajstić information content (AvgIpc) is 2.16. The normalized spacial score (nSPS) is 14.2. The van der Waals surface area contributed by atoms with Gasteiger partial charge in [0.1, 0.15) is 0 Å². The van der Waals surface area contributed by atoms with E-state index >= 15 is 0 Å². The van der Waals surface area contributed by atoms with E-state index in [2.05, 4.69) is 5.32 Å². The van der Waals surface area contributed by atoms with Gasteiger partial charge in [0.2, 0.25) is 5.91 Å². The van der Waals surface area contributed by atoms with Crippen LogP contribution in [0.25, 0.3) is 0 Å². The third-order valence-corrected chi connectivity index (χ3v) is 2.38. The number of amides is 1. The molecule has 0 aliphatic carbocycles. The van der Waals surface area contributed by atoms with Crippen molar-refractivity contribution in [1.82, 2.24) is 5.32 Å². The number of nitrogens with one attached hydrogen (secondary N) is 1. The number of hydrogen-bond donors (Lipinski definition) is 3. The Hall–Kier alpha value is -1.10. The first kappa shape index (κ1) is 14.9. The smallest absolute Gasteiger partial charge is 0.305 e. The van der Waals surface area contributed by atoms with E-state index in [4.69, 9.17) is 10.8 Å². The first-order valence-electron chi connectivity index (χ1n) is 5.68. The van der Waals surface area contributed by atoms with Crippen LogP contribution in [0.3, 0.4) is 0 Å². The summed E-state index contributed by atoms with van der Waals surface area (Å²) >= 11 is 0. The van der Waals surface area contributed by atoms with Gasteiger partial charge in [0, 0.05) is 18.5 Å². The van der Waals surface area contributed by atoms with E-state index in [1.165, 1.54) is 0 Å². The molecule has 0 aromatic carbocycles. The summed E-state index contributed by atoms with van der Waals surface area (Å²) in [6, 6.07) is 0.169. The predicted octanol–water partition coefficient (Wildman–Crippen LogP) is 0.731. The zero-order valence-corrected chi connectivity index (χ0v) is 10.0. The number of carboxylic acids is 1. The monoisotopic (exact) mass is 230 g/mol. The lowest BCUT2D eigenvalue weighted by atomic mass is 10.0. The van der Waals surface area contributed by atoms with Crippen molar-refractivity contribution in [3.8, 4) is 0 Å². The summed E-state index contributed by atoms with van der Waals surface area (Å²) in [5.41, 5.74) is 5.60. The van der Waals surface area contributed by atoms with Gasteiger partial charge in [-0.2, -0.15) is 0 Å². The summed E-state index contributed by atoms with van der Waals surface area (Å²) in [6.07, 6.45) is 2.59. The average molecular weight is 230 g/mol. The summed E-state index contributed by atoms with van der Waals surface area (Å²) in [6.45, 7) is 3.99. The highest BCUT2D eigenvalue weighted by molar-refractivity contribution is 5.78. The lowest BCUT2D eigenvalue weighted by Gasteiger charge is -2.12. The number of hydrogen-bond acceptors (Lipinski definition) is 3. The van der Waals surface area contributed by atoms with Gasteiger partial charge in [-0.25, -0.2) is 0 Å². The van der Waals surface area contributed by atoms with Crippen molar-refractivity contribution in [1.29, 1.82) is 0 Å². The van der Waals surface area contributed by atoms with Crippen LogP contribution in [0, 0.1) is 5.92 Å². The Kier molecular flexibility index (Phi) is 7.54. The topological polar surface area (TPSA) is 92.4 Å². The Morgan fingerprint density at radius 1 is 1.31 bits per heavy atom. The number of carboxylic acid groups (broad SMARTS) is 1. The Morgan fingerprint density at radius 2 is 1.94 bits per heavy atom. The SMILES string of the molecule is CC(N)CCCC(C)C(=O)NCCC(=O)O. The Balaban J connectivity index is 3.61. The van der Waals surface area contributed by atoms with Crippen LogP contribution in [0.2, 0.25) is 0 Å². The van der Waals surface area contributed by atoms with Gasteiger partial charge < -0.3 is 16.2 Å². The van der Waals surface area contributed by atoms with E-state index in [9.17, 15) is 9.59 Å². The molecule has 0 aliphatic rings. The fraction of sp³-hybridized carbons (Fsp3) is 0.818. The van der Waals surface area contributed by atoms with E-state index in [-0.39, 0.29) is 30.8 Å². The van der Waals surface area contributed by atoms with Crippen molar-refractivity contribution >= 4 is 11.9 Å².